The van der Waals surface area contributed by atoms with E-state index in [1.807, 2.05) is 0 Å². The average Bonchev–Trinajstić information content (AvgIpc) is 2.59. The largest absolute Gasteiger partial charge is 0.235 e. The number of hydrogen-bond acceptors (Lipinski definition) is 1. The molecule has 0 bridgehead atoms. The van der Waals surface area contributed by atoms with Gasteiger partial charge in [0.2, 0.25) is 0 Å². The van der Waals surface area contributed by atoms with Crippen molar-refractivity contribution in [1.29, 1.82) is 0 Å². The maximum Gasteiger partial charge on any atom is 0.199 e. The van der Waals surface area contributed by atoms with Crippen molar-refractivity contribution in [2.75, 3.05) is 14.1 Å². The molecule has 0 unspecified atom stereocenters. The second kappa shape index (κ2) is 7.05. The molecule has 0 fully saturated rings. The lowest BCUT2D eigenvalue weighted by Gasteiger charge is -2.22. The van der Waals surface area contributed by atoms with E-state index in [0.29, 0.717) is 0 Å². The van der Waals surface area contributed by atoms with Crippen LogP contribution < -0.4 is 0 Å². The second-order valence-corrected chi connectivity index (χ2v) is 8.60. The molecule has 1 heterocycles. The highest BCUT2D eigenvalue weighted by atomic mass is 32.2. The summed E-state index contributed by atoms with van der Waals surface area (Å²) in [7, 11) is 4.13. The number of thioether (sulfide) groups is 1. The van der Waals surface area contributed by atoms with Crippen LogP contribution in [-0.4, -0.2) is 24.4 Å². The number of hydrogen-bond donors (Lipinski definition) is 0. The van der Waals surface area contributed by atoms with Crippen LogP contribution in [0.5, 0.6) is 0 Å². The highest BCUT2D eigenvalue weighted by molar-refractivity contribution is 8.02. The molecule has 2 aliphatic rings. The Balaban J connectivity index is 1.94. The molecule has 128 valence electrons. The molecule has 0 saturated heterocycles. The first-order valence-electron chi connectivity index (χ1n) is 8.65. The normalized spacial score (nSPS) is 17.9. The van der Waals surface area contributed by atoms with Crippen molar-refractivity contribution in [1.82, 2.24) is 0 Å². The minimum absolute atomic E-state index is 0.164. The van der Waals surface area contributed by atoms with Crippen LogP contribution in [0.25, 0.3) is 5.57 Å². The summed E-state index contributed by atoms with van der Waals surface area (Å²) in [5.41, 5.74) is 6.59. The lowest BCUT2D eigenvalue weighted by atomic mass is 9.85. The van der Waals surface area contributed by atoms with Crippen molar-refractivity contribution in [2.45, 2.75) is 31.1 Å². The molecule has 0 N–H and O–H groups in total. The van der Waals surface area contributed by atoms with Gasteiger partial charge in [-0.1, -0.05) is 50.8 Å². The maximum atomic E-state index is 2.35. The minimum atomic E-state index is 0.164. The van der Waals surface area contributed by atoms with Gasteiger partial charge in [-0.05, 0) is 63.5 Å². The van der Waals surface area contributed by atoms with Crippen LogP contribution in [0.1, 0.15) is 31.9 Å². The van der Waals surface area contributed by atoms with Crippen LogP contribution in [0.15, 0.2) is 76.6 Å². The third kappa shape index (κ3) is 4.13. The lowest BCUT2D eigenvalue weighted by Crippen LogP contribution is -2.11. The van der Waals surface area contributed by atoms with Gasteiger partial charge in [-0.3, -0.25) is 0 Å². The lowest BCUT2D eigenvalue weighted by molar-refractivity contribution is -0.462. The molecule has 3 rings (SSSR count). The van der Waals surface area contributed by atoms with E-state index in [9.17, 15) is 0 Å². The quantitative estimate of drug-likeness (QED) is 0.584. The van der Waals surface area contributed by atoms with Gasteiger partial charge in [0.25, 0.3) is 0 Å². The average molecular weight is 349 g/mol. The molecule has 25 heavy (non-hydrogen) atoms. The standard InChI is InChI=1S/C23H26NS/c1-23(2,3)19-10-13-22-21(16-19)18(14-15-25-22)9-6-17-7-11-20(12-8-17)24(4)5/h6-16H,1-5H3/q+1. The number of fused-ring (bicyclic) bond motifs is 1. The van der Waals surface area contributed by atoms with Gasteiger partial charge in [-0.25, -0.2) is 4.58 Å². The number of allylic oxidation sites excluding steroid dienone is 9. The zero-order valence-electron chi connectivity index (χ0n) is 15.7. The summed E-state index contributed by atoms with van der Waals surface area (Å²) in [5, 5.41) is 2.17. The monoisotopic (exact) mass is 348 g/mol. The number of rotatable bonds is 1. The SMILES string of the molecule is C[N+](C)=C1C=CC(=CC=C2C=CSc3ccc(C(C)(C)C)cc32)C=C1. The fourth-order valence-corrected chi connectivity index (χ4v) is 3.62. The van der Waals surface area contributed by atoms with E-state index in [1.165, 1.54) is 32.9 Å². The fraction of sp³-hybridized carbons (Fsp3) is 0.261. The van der Waals surface area contributed by atoms with E-state index in [0.717, 1.165) is 0 Å². The van der Waals surface area contributed by atoms with Gasteiger partial charge >= 0.3 is 0 Å². The summed E-state index contributed by atoms with van der Waals surface area (Å²) >= 11 is 1.80. The fourth-order valence-electron chi connectivity index (χ4n) is 2.81. The molecule has 1 aromatic rings. The molecular weight excluding hydrogens is 322 g/mol. The molecule has 1 nitrogen and oxygen atoms in total. The van der Waals surface area contributed by atoms with Crippen molar-refractivity contribution < 1.29 is 4.58 Å². The summed E-state index contributed by atoms with van der Waals surface area (Å²) in [4.78, 5) is 1.33. The summed E-state index contributed by atoms with van der Waals surface area (Å²) in [6, 6.07) is 6.86. The summed E-state index contributed by atoms with van der Waals surface area (Å²) < 4.78 is 2.12. The molecule has 0 aromatic heterocycles. The third-order valence-electron chi connectivity index (χ3n) is 4.46. The van der Waals surface area contributed by atoms with Crippen LogP contribution in [0.4, 0.5) is 0 Å². The first kappa shape index (κ1) is 17.8. The Morgan fingerprint density at radius 1 is 0.920 bits per heavy atom. The molecule has 1 aromatic carbocycles. The Morgan fingerprint density at radius 3 is 2.28 bits per heavy atom. The van der Waals surface area contributed by atoms with Crippen LogP contribution in [0.3, 0.4) is 0 Å². The van der Waals surface area contributed by atoms with Crippen LogP contribution in [0.2, 0.25) is 0 Å². The molecule has 1 aliphatic heterocycles. The summed E-state index contributed by atoms with van der Waals surface area (Å²) in [6.45, 7) is 6.80. The molecule has 0 spiro atoms. The van der Waals surface area contributed by atoms with Crippen molar-refractivity contribution in [2.24, 2.45) is 0 Å². The molecule has 2 heteroatoms. The van der Waals surface area contributed by atoms with Gasteiger partial charge in [0.15, 0.2) is 5.71 Å². The zero-order chi connectivity index (χ0) is 18.0. The molecule has 0 saturated carbocycles. The van der Waals surface area contributed by atoms with Crippen molar-refractivity contribution in [3.05, 3.63) is 82.8 Å². The predicted molar refractivity (Wildman–Crippen MR) is 112 cm³/mol. The van der Waals surface area contributed by atoms with Gasteiger partial charge < -0.3 is 0 Å². The van der Waals surface area contributed by atoms with Crippen molar-refractivity contribution in [3.63, 3.8) is 0 Å². The van der Waals surface area contributed by atoms with Gasteiger partial charge in [-0.15, -0.1) is 0 Å². The Labute approximate surface area is 155 Å². The van der Waals surface area contributed by atoms with Gasteiger partial charge in [0.05, 0.1) is 0 Å². The van der Waals surface area contributed by atoms with E-state index in [2.05, 4.69) is 106 Å². The molecule has 0 amide bonds. The van der Waals surface area contributed by atoms with E-state index in [1.54, 1.807) is 11.8 Å². The second-order valence-electron chi connectivity index (χ2n) is 7.66. The first-order valence-corrected chi connectivity index (χ1v) is 9.53. The third-order valence-corrected chi connectivity index (χ3v) is 5.35. The van der Waals surface area contributed by atoms with E-state index in [4.69, 9.17) is 0 Å². The highest BCUT2D eigenvalue weighted by Crippen LogP contribution is 2.37. The topological polar surface area (TPSA) is 3.01 Å². The van der Waals surface area contributed by atoms with Crippen molar-refractivity contribution >= 4 is 23.0 Å². The van der Waals surface area contributed by atoms with Gasteiger partial charge in [0, 0.05) is 17.0 Å². The van der Waals surface area contributed by atoms with Crippen molar-refractivity contribution in [3.8, 4) is 0 Å². The van der Waals surface area contributed by atoms with Crippen LogP contribution in [0, 0.1) is 0 Å². The Bertz CT molecular complexity index is 846. The molecular formula is C23H26NS+. The van der Waals surface area contributed by atoms with Crippen LogP contribution in [-0.2, 0) is 5.41 Å². The zero-order valence-corrected chi connectivity index (χ0v) is 16.5. The first-order chi connectivity index (χ1) is 11.8. The van der Waals surface area contributed by atoms with Gasteiger partial charge in [-0.2, -0.15) is 0 Å². The Morgan fingerprint density at radius 2 is 1.64 bits per heavy atom. The Kier molecular flexibility index (Phi) is 5.01. The molecule has 0 radical (unpaired) electrons. The maximum absolute atomic E-state index is 2.35. The summed E-state index contributed by atoms with van der Waals surface area (Å²) in [6.07, 6.45) is 15.3. The van der Waals surface area contributed by atoms with E-state index < -0.39 is 0 Å². The van der Waals surface area contributed by atoms with Crippen LogP contribution >= 0.6 is 11.8 Å². The van der Waals surface area contributed by atoms with Gasteiger partial charge in [0.1, 0.15) is 14.1 Å². The smallest absolute Gasteiger partial charge is 0.199 e. The minimum Gasteiger partial charge on any atom is -0.235 e. The van der Waals surface area contributed by atoms with E-state index >= 15 is 0 Å². The highest BCUT2D eigenvalue weighted by Gasteiger charge is 2.17. The molecule has 1 aliphatic carbocycles. The Hall–Kier alpha value is -2.06. The summed E-state index contributed by atoms with van der Waals surface area (Å²) in [5.74, 6) is 0. The number of benzene rings is 1. The predicted octanol–water partition coefficient (Wildman–Crippen LogP) is 5.75. The number of nitrogens with zero attached hydrogens (tertiary/aromatic N) is 1. The molecule has 0 atom stereocenters. The van der Waals surface area contributed by atoms with E-state index in [-0.39, 0.29) is 5.41 Å².